The topological polar surface area (TPSA) is 84.9 Å². The number of rotatable bonds is 8. The van der Waals surface area contributed by atoms with E-state index in [4.69, 9.17) is 9.47 Å². The molecule has 2 aromatic carbocycles. The van der Waals surface area contributed by atoms with Gasteiger partial charge in [-0.1, -0.05) is 42.5 Å². The molecule has 0 radical (unpaired) electrons. The van der Waals surface area contributed by atoms with Gasteiger partial charge in [-0.3, -0.25) is 19.3 Å². The van der Waals surface area contributed by atoms with Gasteiger partial charge in [0.05, 0.1) is 6.17 Å². The summed E-state index contributed by atoms with van der Waals surface area (Å²) in [5.41, 5.74) is -0.791. The number of amides is 1. The zero-order chi connectivity index (χ0) is 30.8. The smallest absolute Gasteiger partial charge is 0.421 e. The molecule has 1 amide bonds. The van der Waals surface area contributed by atoms with Gasteiger partial charge in [0.1, 0.15) is 17.4 Å². The number of benzene rings is 2. The third-order valence-corrected chi connectivity index (χ3v) is 8.84. The van der Waals surface area contributed by atoms with Crippen molar-refractivity contribution in [1.82, 2.24) is 10.2 Å². The van der Waals surface area contributed by atoms with E-state index in [-0.39, 0.29) is 17.5 Å². The van der Waals surface area contributed by atoms with Gasteiger partial charge in [0.15, 0.2) is 0 Å². The summed E-state index contributed by atoms with van der Waals surface area (Å²) in [6.45, 7) is 3.75. The quantitative estimate of drug-likeness (QED) is 0.236. The summed E-state index contributed by atoms with van der Waals surface area (Å²) in [4.78, 5) is 39.4. The molecule has 4 atom stereocenters. The summed E-state index contributed by atoms with van der Waals surface area (Å²) in [7, 11) is 0. The molecule has 10 heteroatoms. The number of fused-ring (bicyclic) bond motifs is 1. The largest absolute Gasteiger partial charge is 0.462 e. The van der Waals surface area contributed by atoms with E-state index < -0.39 is 41.3 Å². The van der Waals surface area contributed by atoms with Crippen molar-refractivity contribution in [1.29, 1.82) is 0 Å². The second kappa shape index (κ2) is 12.5. The Morgan fingerprint density at radius 2 is 1.77 bits per heavy atom. The number of halogens is 3. The predicted molar refractivity (Wildman–Crippen MR) is 154 cm³/mol. The van der Waals surface area contributed by atoms with Crippen LogP contribution >= 0.6 is 0 Å². The number of carbonyl (C=O) groups is 3. The number of carbonyl (C=O) groups excluding carboxylic acids is 3. The second-order valence-corrected chi connectivity index (χ2v) is 12.0. The fourth-order valence-corrected chi connectivity index (χ4v) is 6.82. The lowest BCUT2D eigenvalue weighted by atomic mass is 9.57. The van der Waals surface area contributed by atoms with Gasteiger partial charge in [-0.05, 0) is 73.8 Å². The Morgan fingerprint density at radius 1 is 1.02 bits per heavy atom. The summed E-state index contributed by atoms with van der Waals surface area (Å²) in [5.74, 6) is -1.46. The van der Waals surface area contributed by atoms with Gasteiger partial charge < -0.3 is 14.8 Å². The number of ether oxygens (including phenoxy) is 2. The summed E-state index contributed by atoms with van der Waals surface area (Å²) in [5, 5.41) is 2.76. The highest BCUT2D eigenvalue weighted by Gasteiger charge is 2.54. The van der Waals surface area contributed by atoms with Crippen molar-refractivity contribution in [2.75, 3.05) is 13.1 Å². The summed E-state index contributed by atoms with van der Waals surface area (Å²) >= 11 is 0. The lowest BCUT2D eigenvalue weighted by molar-refractivity contribution is -0.158. The highest BCUT2D eigenvalue weighted by Crippen LogP contribution is 2.52. The van der Waals surface area contributed by atoms with E-state index in [1.54, 1.807) is 36.4 Å². The van der Waals surface area contributed by atoms with Crippen LogP contribution in [0.4, 0.5) is 13.2 Å². The van der Waals surface area contributed by atoms with Crippen molar-refractivity contribution in [3.63, 3.8) is 0 Å². The standard InChI is InChI=1S/C33H37F3N2O5/c1-21(39)42-26-11-6-10-25(17-26)32-15-7-12-29(43-22(2)40)28(32)20-38(19-24-13-14-24)30(18-32)37-31(41)27(33(34,35)36)16-23-8-4-3-5-9-23/h3-6,8-11,16-17,24,28-30H,7,12-15,18-20H2,1-2H3,(H,37,41)/t28?,29?,30-,32-/m0/s1. The molecule has 2 aromatic rings. The molecule has 3 aliphatic rings. The van der Waals surface area contributed by atoms with E-state index in [1.165, 1.54) is 26.0 Å². The van der Waals surface area contributed by atoms with Gasteiger partial charge in [0.2, 0.25) is 0 Å². The van der Waals surface area contributed by atoms with Gasteiger partial charge in [-0.25, -0.2) is 0 Å². The molecule has 0 bridgehead atoms. The molecule has 3 fully saturated rings. The minimum absolute atomic E-state index is 0.174. The third kappa shape index (κ3) is 7.29. The first-order valence-electron chi connectivity index (χ1n) is 14.8. The first kappa shape index (κ1) is 30.8. The highest BCUT2D eigenvalue weighted by atomic mass is 19.4. The molecular formula is C33H37F3N2O5. The van der Waals surface area contributed by atoms with Crippen molar-refractivity contribution in [3.05, 3.63) is 71.3 Å². The van der Waals surface area contributed by atoms with Crippen molar-refractivity contribution >= 4 is 23.9 Å². The first-order chi connectivity index (χ1) is 20.4. The fraction of sp³-hybridized carbons (Fsp3) is 0.485. The monoisotopic (exact) mass is 598 g/mol. The number of nitrogens with one attached hydrogen (secondary N) is 1. The molecular weight excluding hydrogens is 561 g/mol. The van der Waals surface area contributed by atoms with Gasteiger partial charge in [0.25, 0.3) is 5.91 Å². The van der Waals surface area contributed by atoms with Crippen LogP contribution in [0.3, 0.4) is 0 Å². The van der Waals surface area contributed by atoms with Crippen LogP contribution in [-0.4, -0.2) is 54.3 Å². The molecule has 1 saturated heterocycles. The second-order valence-electron chi connectivity index (χ2n) is 12.0. The lowest BCUT2D eigenvalue weighted by Crippen LogP contribution is -2.64. The average Bonchev–Trinajstić information content (AvgIpc) is 3.76. The maximum absolute atomic E-state index is 14.2. The normalized spacial score (nSPS) is 26.3. The average molecular weight is 599 g/mol. The summed E-state index contributed by atoms with van der Waals surface area (Å²) in [6, 6.07) is 15.1. The van der Waals surface area contributed by atoms with Crippen molar-refractivity contribution in [2.45, 2.75) is 76.2 Å². The van der Waals surface area contributed by atoms with Crippen molar-refractivity contribution < 1.29 is 37.0 Å². The maximum Gasteiger partial charge on any atom is 0.421 e. The van der Waals surface area contributed by atoms with Crippen molar-refractivity contribution in [3.8, 4) is 5.75 Å². The van der Waals surface area contributed by atoms with Crippen LogP contribution in [0.25, 0.3) is 6.08 Å². The first-order valence-corrected chi connectivity index (χ1v) is 14.8. The number of hydrogen-bond donors (Lipinski definition) is 1. The van der Waals surface area contributed by atoms with Crippen LogP contribution in [0.5, 0.6) is 5.75 Å². The van der Waals surface area contributed by atoms with Gasteiger partial charge in [0, 0.05) is 38.3 Å². The van der Waals surface area contributed by atoms with Crippen LogP contribution in [0, 0.1) is 11.8 Å². The minimum atomic E-state index is -4.86. The van der Waals surface area contributed by atoms with Crippen LogP contribution < -0.4 is 10.1 Å². The van der Waals surface area contributed by atoms with E-state index in [1.807, 2.05) is 6.07 Å². The molecule has 1 aliphatic heterocycles. The van der Waals surface area contributed by atoms with E-state index in [9.17, 15) is 27.6 Å². The molecule has 2 saturated carbocycles. The van der Waals surface area contributed by atoms with E-state index in [0.717, 1.165) is 30.9 Å². The van der Waals surface area contributed by atoms with E-state index in [0.29, 0.717) is 44.0 Å². The van der Waals surface area contributed by atoms with Crippen LogP contribution in [0.2, 0.25) is 0 Å². The molecule has 230 valence electrons. The maximum atomic E-state index is 14.2. The van der Waals surface area contributed by atoms with E-state index >= 15 is 0 Å². The Morgan fingerprint density at radius 3 is 2.42 bits per heavy atom. The van der Waals surface area contributed by atoms with Crippen LogP contribution in [-0.2, 0) is 24.5 Å². The number of esters is 2. The molecule has 2 unspecified atom stereocenters. The lowest BCUT2D eigenvalue weighted by Gasteiger charge is -2.56. The molecule has 2 aliphatic carbocycles. The predicted octanol–water partition coefficient (Wildman–Crippen LogP) is 5.79. The fourth-order valence-electron chi connectivity index (χ4n) is 6.82. The minimum Gasteiger partial charge on any atom is -0.462 e. The zero-order valence-corrected chi connectivity index (χ0v) is 24.4. The number of alkyl halides is 3. The number of hydrogen-bond acceptors (Lipinski definition) is 6. The number of likely N-dealkylation sites (tertiary alicyclic amines) is 1. The third-order valence-electron chi connectivity index (χ3n) is 8.84. The SMILES string of the molecule is CC(=O)Oc1cccc([C@@]23CCCC(OC(C)=O)C2CN(CC2CC2)[C@H](NC(=O)C(=Cc2ccccc2)C(F)(F)F)C3)c1. The Bertz CT molecular complexity index is 1370. The molecule has 0 aromatic heterocycles. The molecule has 0 spiro atoms. The van der Waals surface area contributed by atoms with E-state index in [2.05, 4.69) is 10.2 Å². The van der Waals surface area contributed by atoms with Gasteiger partial charge in [-0.15, -0.1) is 0 Å². The zero-order valence-electron chi connectivity index (χ0n) is 24.4. The summed E-state index contributed by atoms with van der Waals surface area (Å²) in [6.07, 6.45) is -0.660. The Kier molecular flexibility index (Phi) is 8.96. The summed E-state index contributed by atoms with van der Waals surface area (Å²) < 4.78 is 53.9. The Hall–Kier alpha value is -3.66. The van der Waals surface area contributed by atoms with Gasteiger partial charge >= 0.3 is 18.1 Å². The molecule has 1 heterocycles. The van der Waals surface area contributed by atoms with Crippen LogP contribution in [0.1, 0.15) is 63.5 Å². The molecule has 1 N–H and O–H groups in total. The number of piperidine rings is 1. The van der Waals surface area contributed by atoms with Crippen molar-refractivity contribution in [2.24, 2.45) is 11.8 Å². The Balaban J connectivity index is 1.53. The number of nitrogens with zero attached hydrogens (tertiary/aromatic N) is 1. The van der Waals surface area contributed by atoms with Crippen LogP contribution in [0.15, 0.2) is 60.2 Å². The Labute approximate surface area is 249 Å². The highest BCUT2D eigenvalue weighted by molar-refractivity contribution is 5.99. The molecule has 7 nitrogen and oxygen atoms in total. The van der Waals surface area contributed by atoms with Gasteiger partial charge in [-0.2, -0.15) is 13.2 Å². The molecule has 5 rings (SSSR count). The molecule has 43 heavy (non-hydrogen) atoms.